The second-order valence-corrected chi connectivity index (χ2v) is 6.11. The first-order chi connectivity index (χ1) is 10.2. The Morgan fingerprint density at radius 1 is 0.905 bits per heavy atom. The van der Waals surface area contributed by atoms with E-state index in [0.717, 1.165) is 43.4 Å². The second kappa shape index (κ2) is 6.50. The minimum absolute atomic E-state index is 0.851. The maximum Gasteiger partial charge on any atom is 0.0639 e. The fourth-order valence-corrected chi connectivity index (χ4v) is 3.06. The molecule has 2 nitrogen and oxygen atoms in total. The Hall–Kier alpha value is -1.51. The Kier molecular flexibility index (Phi) is 4.47. The molecule has 1 heterocycles. The zero-order valence-electron chi connectivity index (χ0n) is 12.4. The van der Waals surface area contributed by atoms with E-state index in [0.29, 0.717) is 0 Å². The van der Waals surface area contributed by atoms with Crippen LogP contribution < -0.4 is 4.90 Å². The number of rotatable bonds is 3. The maximum absolute atomic E-state index is 6.28. The molecule has 0 saturated carbocycles. The molecule has 0 aliphatic carbocycles. The quantitative estimate of drug-likeness (QED) is 0.846. The van der Waals surface area contributed by atoms with E-state index in [-0.39, 0.29) is 0 Å². The molecule has 1 aliphatic heterocycles. The SMILES string of the molecule is Cc1ccc(CN2CCN(c3ccccc3Cl)CC2)cc1. The standard InChI is InChI=1S/C18H21ClN2/c1-15-6-8-16(9-7-15)14-20-10-12-21(13-11-20)18-5-3-2-4-17(18)19/h2-9H,10-14H2,1H3. The van der Waals surface area contributed by atoms with Crippen molar-refractivity contribution in [1.29, 1.82) is 0 Å². The Bertz CT molecular complexity index is 586. The van der Waals surface area contributed by atoms with Crippen molar-refractivity contribution in [3.63, 3.8) is 0 Å². The molecule has 0 radical (unpaired) electrons. The molecule has 0 N–H and O–H groups in total. The molecular formula is C18H21ClN2. The smallest absolute Gasteiger partial charge is 0.0639 e. The number of hydrogen-bond donors (Lipinski definition) is 0. The molecule has 3 rings (SSSR count). The summed E-state index contributed by atoms with van der Waals surface area (Å²) in [6.07, 6.45) is 0. The lowest BCUT2D eigenvalue weighted by atomic mass is 10.1. The molecule has 0 unspecified atom stereocenters. The number of hydrogen-bond acceptors (Lipinski definition) is 2. The lowest BCUT2D eigenvalue weighted by molar-refractivity contribution is 0.250. The number of benzene rings is 2. The van der Waals surface area contributed by atoms with E-state index >= 15 is 0 Å². The van der Waals surface area contributed by atoms with Gasteiger partial charge in [0.1, 0.15) is 0 Å². The molecule has 1 aliphatic rings. The van der Waals surface area contributed by atoms with E-state index in [9.17, 15) is 0 Å². The van der Waals surface area contributed by atoms with Crippen LogP contribution in [0.4, 0.5) is 5.69 Å². The minimum Gasteiger partial charge on any atom is -0.368 e. The molecule has 0 bridgehead atoms. The van der Waals surface area contributed by atoms with Crippen molar-refractivity contribution in [2.24, 2.45) is 0 Å². The summed E-state index contributed by atoms with van der Waals surface area (Å²) in [5, 5.41) is 0.851. The van der Waals surface area contributed by atoms with E-state index < -0.39 is 0 Å². The molecule has 2 aromatic carbocycles. The molecule has 3 heteroatoms. The van der Waals surface area contributed by atoms with Crippen molar-refractivity contribution < 1.29 is 0 Å². The monoisotopic (exact) mass is 300 g/mol. The summed E-state index contributed by atoms with van der Waals surface area (Å²) in [7, 11) is 0. The van der Waals surface area contributed by atoms with E-state index in [1.807, 2.05) is 12.1 Å². The summed E-state index contributed by atoms with van der Waals surface area (Å²) in [6.45, 7) is 7.41. The number of nitrogens with zero attached hydrogens (tertiary/aromatic N) is 2. The number of aryl methyl sites for hydroxylation is 1. The minimum atomic E-state index is 0.851. The third-order valence-corrected chi connectivity index (χ3v) is 4.41. The van der Waals surface area contributed by atoms with E-state index in [4.69, 9.17) is 11.6 Å². The van der Waals surface area contributed by atoms with Crippen LogP contribution in [0.5, 0.6) is 0 Å². The van der Waals surface area contributed by atoms with Crippen molar-refractivity contribution in [2.75, 3.05) is 31.1 Å². The van der Waals surface area contributed by atoms with Crippen LogP contribution in [0.25, 0.3) is 0 Å². The second-order valence-electron chi connectivity index (χ2n) is 5.70. The first kappa shape index (κ1) is 14.4. The fourth-order valence-electron chi connectivity index (χ4n) is 2.81. The van der Waals surface area contributed by atoms with Gasteiger partial charge >= 0.3 is 0 Å². The summed E-state index contributed by atoms with van der Waals surface area (Å²) in [5.74, 6) is 0. The zero-order valence-corrected chi connectivity index (χ0v) is 13.2. The van der Waals surface area contributed by atoms with Crippen LogP contribution in [0.2, 0.25) is 5.02 Å². The van der Waals surface area contributed by atoms with Gasteiger partial charge in [0, 0.05) is 32.7 Å². The highest BCUT2D eigenvalue weighted by atomic mass is 35.5. The number of halogens is 1. The van der Waals surface area contributed by atoms with E-state index in [2.05, 4.69) is 53.1 Å². The maximum atomic E-state index is 6.28. The highest BCUT2D eigenvalue weighted by Gasteiger charge is 2.18. The van der Waals surface area contributed by atoms with Crippen molar-refractivity contribution >= 4 is 17.3 Å². The summed E-state index contributed by atoms with van der Waals surface area (Å²) >= 11 is 6.28. The van der Waals surface area contributed by atoms with Crippen LogP contribution in [0.1, 0.15) is 11.1 Å². The molecule has 21 heavy (non-hydrogen) atoms. The van der Waals surface area contributed by atoms with Gasteiger partial charge in [-0.2, -0.15) is 0 Å². The summed E-state index contributed by atoms with van der Waals surface area (Å²) in [4.78, 5) is 4.89. The van der Waals surface area contributed by atoms with Crippen LogP contribution in [0, 0.1) is 6.92 Å². The first-order valence-corrected chi connectivity index (χ1v) is 7.87. The van der Waals surface area contributed by atoms with Gasteiger partial charge in [0.15, 0.2) is 0 Å². The average molecular weight is 301 g/mol. The van der Waals surface area contributed by atoms with Gasteiger partial charge in [-0.25, -0.2) is 0 Å². The van der Waals surface area contributed by atoms with Gasteiger partial charge in [0.2, 0.25) is 0 Å². The van der Waals surface area contributed by atoms with Gasteiger partial charge in [-0.1, -0.05) is 53.6 Å². The highest BCUT2D eigenvalue weighted by molar-refractivity contribution is 6.33. The van der Waals surface area contributed by atoms with Crippen LogP contribution in [0.15, 0.2) is 48.5 Å². The molecule has 0 atom stereocenters. The third kappa shape index (κ3) is 3.58. The molecule has 0 amide bonds. The normalized spacial score (nSPS) is 16.2. The van der Waals surface area contributed by atoms with Crippen LogP contribution >= 0.6 is 11.6 Å². The predicted octanol–water partition coefficient (Wildman–Crippen LogP) is 3.97. The Morgan fingerprint density at radius 3 is 2.24 bits per heavy atom. The van der Waals surface area contributed by atoms with Gasteiger partial charge in [-0.05, 0) is 24.6 Å². The molecule has 0 aromatic heterocycles. The summed E-state index contributed by atoms with van der Waals surface area (Å²) in [5.41, 5.74) is 3.88. The van der Waals surface area contributed by atoms with Crippen molar-refractivity contribution in [3.8, 4) is 0 Å². The number of anilines is 1. The van der Waals surface area contributed by atoms with Gasteiger partial charge in [0.25, 0.3) is 0 Å². The van der Waals surface area contributed by atoms with E-state index in [1.165, 1.54) is 11.1 Å². The Balaban J connectivity index is 1.58. The van der Waals surface area contributed by atoms with Gasteiger partial charge < -0.3 is 4.90 Å². The summed E-state index contributed by atoms with van der Waals surface area (Å²) in [6, 6.07) is 17.0. The largest absolute Gasteiger partial charge is 0.368 e. The van der Waals surface area contributed by atoms with Gasteiger partial charge in [-0.15, -0.1) is 0 Å². The lowest BCUT2D eigenvalue weighted by Crippen LogP contribution is -2.46. The Morgan fingerprint density at radius 2 is 1.57 bits per heavy atom. The first-order valence-electron chi connectivity index (χ1n) is 7.50. The Labute approximate surface area is 131 Å². The van der Waals surface area contributed by atoms with Gasteiger partial charge in [0.05, 0.1) is 10.7 Å². The highest BCUT2D eigenvalue weighted by Crippen LogP contribution is 2.26. The van der Waals surface area contributed by atoms with Crippen molar-refractivity contribution in [3.05, 3.63) is 64.7 Å². The van der Waals surface area contributed by atoms with Crippen molar-refractivity contribution in [2.45, 2.75) is 13.5 Å². The fraction of sp³-hybridized carbons (Fsp3) is 0.333. The molecule has 2 aromatic rings. The van der Waals surface area contributed by atoms with Crippen LogP contribution in [-0.4, -0.2) is 31.1 Å². The third-order valence-electron chi connectivity index (χ3n) is 4.09. The zero-order chi connectivity index (χ0) is 14.7. The van der Waals surface area contributed by atoms with E-state index in [1.54, 1.807) is 0 Å². The van der Waals surface area contributed by atoms with Crippen LogP contribution in [0.3, 0.4) is 0 Å². The number of piperazine rings is 1. The topological polar surface area (TPSA) is 6.48 Å². The average Bonchev–Trinajstić information content (AvgIpc) is 2.51. The molecule has 1 fully saturated rings. The summed E-state index contributed by atoms with van der Waals surface area (Å²) < 4.78 is 0. The van der Waals surface area contributed by atoms with Crippen LogP contribution in [-0.2, 0) is 6.54 Å². The molecule has 1 saturated heterocycles. The molecule has 110 valence electrons. The number of para-hydroxylation sites is 1. The lowest BCUT2D eigenvalue weighted by Gasteiger charge is -2.36. The van der Waals surface area contributed by atoms with Crippen molar-refractivity contribution in [1.82, 2.24) is 4.90 Å². The molecular weight excluding hydrogens is 280 g/mol. The predicted molar refractivity (Wildman–Crippen MR) is 90.1 cm³/mol. The van der Waals surface area contributed by atoms with Gasteiger partial charge in [-0.3, -0.25) is 4.90 Å². The molecule has 0 spiro atoms.